The van der Waals surface area contributed by atoms with E-state index in [4.69, 9.17) is 10.5 Å². The van der Waals surface area contributed by atoms with Crippen LogP contribution in [-0.2, 0) is 0 Å². The molecule has 1 aliphatic rings. The van der Waals surface area contributed by atoms with E-state index in [1.165, 1.54) is 19.3 Å². The van der Waals surface area contributed by atoms with Gasteiger partial charge in [0, 0.05) is 12.6 Å². The van der Waals surface area contributed by atoms with E-state index in [2.05, 4.69) is 23.7 Å². The maximum absolute atomic E-state index is 5.89. The van der Waals surface area contributed by atoms with Crippen molar-refractivity contribution < 1.29 is 4.74 Å². The van der Waals surface area contributed by atoms with Gasteiger partial charge in [0.1, 0.15) is 5.82 Å². The van der Waals surface area contributed by atoms with Crippen molar-refractivity contribution in [2.45, 2.75) is 45.6 Å². The van der Waals surface area contributed by atoms with Crippen molar-refractivity contribution in [2.24, 2.45) is 0 Å². The third-order valence-electron chi connectivity index (χ3n) is 3.42. The Bertz CT molecular complexity index is 395. The summed E-state index contributed by atoms with van der Waals surface area (Å²) in [6.45, 7) is 6.07. The highest BCUT2D eigenvalue weighted by molar-refractivity contribution is 5.55. The van der Waals surface area contributed by atoms with Gasteiger partial charge in [-0.05, 0) is 44.7 Å². The first kappa shape index (κ1) is 13.0. The van der Waals surface area contributed by atoms with Gasteiger partial charge in [-0.1, -0.05) is 6.92 Å². The summed E-state index contributed by atoms with van der Waals surface area (Å²) < 4.78 is 5.59. The minimum atomic E-state index is 0.550. The van der Waals surface area contributed by atoms with Gasteiger partial charge in [-0.15, -0.1) is 0 Å². The van der Waals surface area contributed by atoms with Crippen LogP contribution >= 0.6 is 0 Å². The second kappa shape index (κ2) is 5.94. The van der Waals surface area contributed by atoms with Gasteiger partial charge in [-0.3, -0.25) is 0 Å². The highest BCUT2D eigenvalue weighted by Gasteiger charge is 2.20. The van der Waals surface area contributed by atoms with E-state index in [-0.39, 0.29) is 0 Å². The summed E-state index contributed by atoms with van der Waals surface area (Å²) in [5.74, 6) is 1.56. The number of nitrogen functional groups attached to an aromatic ring is 1. The molecule has 18 heavy (non-hydrogen) atoms. The van der Waals surface area contributed by atoms with Crippen LogP contribution in [-0.4, -0.2) is 24.2 Å². The SMILES string of the molecule is CCCOc1nc(N2CCCCC2C)ccc1N. The summed E-state index contributed by atoms with van der Waals surface area (Å²) >= 11 is 0. The van der Waals surface area contributed by atoms with E-state index in [1.54, 1.807) is 0 Å². The van der Waals surface area contributed by atoms with E-state index in [0.717, 1.165) is 18.8 Å². The highest BCUT2D eigenvalue weighted by atomic mass is 16.5. The van der Waals surface area contributed by atoms with Gasteiger partial charge in [0.2, 0.25) is 5.88 Å². The van der Waals surface area contributed by atoms with Crippen LogP contribution in [0, 0.1) is 0 Å². The third-order valence-corrected chi connectivity index (χ3v) is 3.42. The second-order valence-electron chi connectivity index (χ2n) is 4.95. The van der Waals surface area contributed by atoms with Crippen LogP contribution < -0.4 is 15.4 Å². The molecule has 0 aliphatic carbocycles. The molecule has 1 aromatic rings. The molecular formula is C14H23N3O. The first-order valence-corrected chi connectivity index (χ1v) is 6.88. The van der Waals surface area contributed by atoms with Crippen LogP contribution in [0.15, 0.2) is 12.1 Å². The number of hydrogen-bond acceptors (Lipinski definition) is 4. The molecule has 4 nitrogen and oxygen atoms in total. The number of anilines is 2. The number of aromatic nitrogens is 1. The summed E-state index contributed by atoms with van der Waals surface area (Å²) in [6.07, 6.45) is 4.75. The zero-order valence-corrected chi connectivity index (χ0v) is 11.4. The maximum Gasteiger partial charge on any atom is 0.239 e. The van der Waals surface area contributed by atoms with Crippen LogP contribution in [0.2, 0.25) is 0 Å². The first-order chi connectivity index (χ1) is 8.72. The highest BCUT2D eigenvalue weighted by Crippen LogP contribution is 2.27. The van der Waals surface area contributed by atoms with E-state index in [0.29, 0.717) is 24.2 Å². The molecule has 0 aromatic carbocycles. The number of nitrogens with two attached hydrogens (primary N) is 1. The maximum atomic E-state index is 5.89. The van der Waals surface area contributed by atoms with E-state index in [1.807, 2.05) is 12.1 Å². The van der Waals surface area contributed by atoms with Crippen molar-refractivity contribution in [3.05, 3.63) is 12.1 Å². The average Bonchev–Trinajstić information content (AvgIpc) is 2.39. The molecule has 0 saturated carbocycles. The number of piperidine rings is 1. The average molecular weight is 249 g/mol. The number of ether oxygens (including phenoxy) is 1. The summed E-state index contributed by atoms with van der Waals surface area (Å²) in [6, 6.07) is 4.44. The number of rotatable bonds is 4. The Balaban J connectivity index is 2.17. The molecule has 1 saturated heterocycles. The van der Waals surface area contributed by atoms with E-state index >= 15 is 0 Å². The van der Waals surface area contributed by atoms with Crippen molar-refractivity contribution >= 4 is 11.5 Å². The van der Waals surface area contributed by atoms with Crippen LogP contribution in [0.5, 0.6) is 5.88 Å². The molecule has 100 valence electrons. The number of nitrogens with zero attached hydrogens (tertiary/aromatic N) is 2. The van der Waals surface area contributed by atoms with Gasteiger partial charge in [-0.2, -0.15) is 4.98 Å². The van der Waals surface area contributed by atoms with Gasteiger partial charge in [-0.25, -0.2) is 0 Å². The van der Waals surface area contributed by atoms with E-state index in [9.17, 15) is 0 Å². The smallest absolute Gasteiger partial charge is 0.239 e. The molecule has 1 atom stereocenters. The Labute approximate surface area is 109 Å². The van der Waals surface area contributed by atoms with Crippen LogP contribution in [0.1, 0.15) is 39.5 Å². The summed E-state index contributed by atoms with van der Waals surface area (Å²) in [5.41, 5.74) is 6.51. The van der Waals surface area contributed by atoms with Gasteiger partial charge in [0.15, 0.2) is 0 Å². The van der Waals surface area contributed by atoms with E-state index < -0.39 is 0 Å². The third kappa shape index (κ3) is 2.86. The van der Waals surface area contributed by atoms with Crippen LogP contribution in [0.4, 0.5) is 11.5 Å². The van der Waals surface area contributed by atoms with Gasteiger partial charge < -0.3 is 15.4 Å². The van der Waals surface area contributed by atoms with Crippen molar-refractivity contribution in [3.8, 4) is 5.88 Å². The Morgan fingerprint density at radius 2 is 2.28 bits per heavy atom. The molecule has 2 heterocycles. The predicted molar refractivity (Wildman–Crippen MR) is 75.1 cm³/mol. The predicted octanol–water partition coefficient (Wildman–Crippen LogP) is 2.83. The largest absolute Gasteiger partial charge is 0.476 e. The van der Waals surface area contributed by atoms with Gasteiger partial charge in [0.25, 0.3) is 0 Å². The zero-order chi connectivity index (χ0) is 13.0. The lowest BCUT2D eigenvalue weighted by molar-refractivity contribution is 0.307. The quantitative estimate of drug-likeness (QED) is 0.891. The Morgan fingerprint density at radius 3 is 3.00 bits per heavy atom. The topological polar surface area (TPSA) is 51.4 Å². The van der Waals surface area contributed by atoms with Gasteiger partial charge >= 0.3 is 0 Å². The fraction of sp³-hybridized carbons (Fsp3) is 0.643. The Morgan fingerprint density at radius 1 is 1.44 bits per heavy atom. The van der Waals surface area contributed by atoms with Crippen molar-refractivity contribution in [3.63, 3.8) is 0 Å². The molecule has 1 aromatic heterocycles. The van der Waals surface area contributed by atoms with Gasteiger partial charge in [0.05, 0.1) is 12.3 Å². The van der Waals surface area contributed by atoms with Crippen LogP contribution in [0.25, 0.3) is 0 Å². The molecular weight excluding hydrogens is 226 g/mol. The minimum absolute atomic E-state index is 0.550. The zero-order valence-electron chi connectivity index (χ0n) is 11.4. The fourth-order valence-electron chi connectivity index (χ4n) is 2.35. The normalized spacial score (nSPS) is 19.9. The Hall–Kier alpha value is -1.45. The summed E-state index contributed by atoms with van der Waals surface area (Å²) in [5, 5.41) is 0. The first-order valence-electron chi connectivity index (χ1n) is 6.88. The molecule has 4 heteroatoms. The molecule has 1 fully saturated rings. The second-order valence-corrected chi connectivity index (χ2v) is 4.95. The van der Waals surface area contributed by atoms with Crippen molar-refractivity contribution in [1.29, 1.82) is 0 Å². The molecule has 1 aliphatic heterocycles. The lowest BCUT2D eigenvalue weighted by Crippen LogP contribution is -2.38. The molecule has 2 N–H and O–H groups in total. The summed E-state index contributed by atoms with van der Waals surface area (Å²) in [7, 11) is 0. The summed E-state index contributed by atoms with van der Waals surface area (Å²) in [4.78, 5) is 6.91. The molecule has 1 unspecified atom stereocenters. The Kier molecular flexibility index (Phi) is 4.28. The van der Waals surface area contributed by atoms with Crippen LogP contribution in [0.3, 0.4) is 0 Å². The standard InChI is InChI=1S/C14H23N3O/c1-3-10-18-14-12(15)7-8-13(16-14)17-9-5-4-6-11(17)2/h7-8,11H,3-6,9-10,15H2,1-2H3. The molecule has 2 rings (SSSR count). The van der Waals surface area contributed by atoms with Crippen molar-refractivity contribution in [2.75, 3.05) is 23.8 Å². The van der Waals surface area contributed by atoms with Crippen molar-refractivity contribution in [1.82, 2.24) is 4.98 Å². The number of pyridine rings is 1. The molecule has 0 spiro atoms. The minimum Gasteiger partial charge on any atom is -0.476 e. The monoisotopic (exact) mass is 249 g/mol. The molecule has 0 radical (unpaired) electrons. The lowest BCUT2D eigenvalue weighted by atomic mass is 10.0. The molecule has 0 amide bonds. The number of hydrogen-bond donors (Lipinski definition) is 1. The fourth-order valence-corrected chi connectivity index (χ4v) is 2.35. The molecule has 0 bridgehead atoms. The lowest BCUT2D eigenvalue weighted by Gasteiger charge is -2.34.